The fourth-order valence-corrected chi connectivity index (χ4v) is 4.03. The molecule has 0 spiro atoms. The molecule has 1 unspecified atom stereocenters. The Morgan fingerprint density at radius 2 is 1.52 bits per heavy atom. The first kappa shape index (κ1) is 19.4. The Morgan fingerprint density at radius 1 is 0.960 bits per heavy atom. The molecule has 5 nitrogen and oxygen atoms in total. The van der Waals surface area contributed by atoms with E-state index in [-0.39, 0.29) is 10.6 Å². The van der Waals surface area contributed by atoms with Gasteiger partial charge in [-0.3, -0.25) is 0 Å². The molecule has 2 rings (SSSR count). The largest absolute Gasteiger partial charge is 0.404 e. The molecule has 134 valence electrons. The first-order chi connectivity index (χ1) is 11.6. The molecule has 0 aliphatic heterocycles. The first-order valence-electron chi connectivity index (χ1n) is 7.85. The van der Waals surface area contributed by atoms with Crippen LogP contribution in [0, 0.1) is 6.92 Å². The maximum Gasteiger partial charge on any atom is 0.339 e. The number of carbonyl (C=O) groups is 1. The Bertz CT molecular complexity index is 821. The van der Waals surface area contributed by atoms with Crippen molar-refractivity contribution in [3.8, 4) is 5.75 Å². The summed E-state index contributed by atoms with van der Waals surface area (Å²) in [4.78, 5) is 11.4. The number of aldehydes is 1. The quantitative estimate of drug-likeness (QED) is 0.416. The zero-order valence-corrected chi connectivity index (χ0v) is 16.5. The van der Waals surface area contributed by atoms with E-state index < -0.39 is 24.5 Å². The molecule has 0 aromatic heterocycles. The Hall–Kier alpha value is -1.96. The lowest BCUT2D eigenvalue weighted by Crippen LogP contribution is -2.28. The van der Waals surface area contributed by atoms with Gasteiger partial charge in [-0.15, -0.1) is 0 Å². The average Bonchev–Trinajstić information content (AvgIpc) is 2.52. The van der Waals surface area contributed by atoms with Gasteiger partial charge in [-0.25, -0.2) is 0 Å². The summed E-state index contributed by atoms with van der Waals surface area (Å²) in [5.74, 6) is 0.182. The van der Waals surface area contributed by atoms with E-state index in [0.29, 0.717) is 5.56 Å². The molecule has 0 saturated heterocycles. The van der Waals surface area contributed by atoms with E-state index in [9.17, 15) is 13.2 Å². The maximum absolute atomic E-state index is 12.3. The van der Waals surface area contributed by atoms with E-state index in [1.165, 1.54) is 24.3 Å². The van der Waals surface area contributed by atoms with Crippen molar-refractivity contribution >= 4 is 24.7 Å². The first-order valence-corrected chi connectivity index (χ1v) is 12.7. The van der Waals surface area contributed by atoms with E-state index in [2.05, 4.69) is 0 Å². The van der Waals surface area contributed by atoms with E-state index in [0.717, 1.165) is 11.8 Å². The van der Waals surface area contributed by atoms with Crippen LogP contribution in [0.2, 0.25) is 19.6 Å². The highest BCUT2D eigenvalue weighted by atomic mass is 32.2. The number of rotatable bonds is 7. The summed E-state index contributed by atoms with van der Waals surface area (Å²) in [6, 6.07) is 12.7. The molecule has 2 aromatic carbocycles. The fourth-order valence-electron chi connectivity index (χ4n) is 2.15. The standard InChI is InChI=1S/C18H22O5SSi/c1-14-5-11-17(12-6-14)24(20,21)22-16-9-7-15(8-10-16)18(13-19)23-25(2,3)4/h5-13,18H,1-4H3. The number of benzene rings is 2. The van der Waals surface area contributed by atoms with Gasteiger partial charge in [0, 0.05) is 0 Å². The molecule has 0 saturated carbocycles. The van der Waals surface area contributed by atoms with Gasteiger partial charge in [-0.05, 0) is 56.4 Å². The van der Waals surface area contributed by atoms with Gasteiger partial charge in [-0.1, -0.05) is 29.8 Å². The third-order valence-electron chi connectivity index (χ3n) is 3.33. The molecule has 0 aliphatic rings. The lowest BCUT2D eigenvalue weighted by Gasteiger charge is -2.22. The minimum absolute atomic E-state index is 0.0926. The van der Waals surface area contributed by atoms with E-state index >= 15 is 0 Å². The predicted octanol–water partition coefficient (Wildman–Crippen LogP) is 3.85. The fraction of sp³-hybridized carbons (Fsp3) is 0.278. The highest BCUT2D eigenvalue weighted by Gasteiger charge is 2.22. The predicted molar refractivity (Wildman–Crippen MR) is 98.7 cm³/mol. The second-order valence-electron chi connectivity index (χ2n) is 6.71. The van der Waals surface area contributed by atoms with Gasteiger partial charge in [0.25, 0.3) is 0 Å². The SMILES string of the molecule is Cc1ccc(S(=O)(=O)Oc2ccc(C(C=O)O[Si](C)(C)C)cc2)cc1. The van der Waals surface area contributed by atoms with Crippen LogP contribution >= 0.6 is 0 Å². The van der Waals surface area contributed by atoms with Crippen LogP contribution in [0.15, 0.2) is 53.4 Å². The third kappa shape index (κ3) is 5.52. The van der Waals surface area contributed by atoms with Crippen molar-refractivity contribution in [1.82, 2.24) is 0 Å². The lowest BCUT2D eigenvalue weighted by atomic mass is 10.1. The second kappa shape index (κ2) is 7.51. The molecular weight excluding hydrogens is 356 g/mol. The molecular formula is C18H22O5SSi. The smallest absolute Gasteiger partial charge is 0.339 e. The molecule has 0 N–H and O–H groups in total. The van der Waals surface area contributed by atoms with Gasteiger partial charge >= 0.3 is 10.1 Å². The van der Waals surface area contributed by atoms with Crippen LogP contribution in [0.5, 0.6) is 5.75 Å². The molecule has 0 amide bonds. The summed E-state index contributed by atoms with van der Waals surface area (Å²) < 4.78 is 35.5. The van der Waals surface area contributed by atoms with E-state index in [1.54, 1.807) is 24.3 Å². The van der Waals surface area contributed by atoms with Gasteiger partial charge in [0.1, 0.15) is 16.7 Å². The Balaban J connectivity index is 2.17. The molecule has 0 fully saturated rings. The normalized spacial score (nSPS) is 13.3. The highest BCUT2D eigenvalue weighted by molar-refractivity contribution is 7.87. The van der Waals surface area contributed by atoms with E-state index in [4.69, 9.17) is 8.61 Å². The lowest BCUT2D eigenvalue weighted by molar-refractivity contribution is -0.114. The summed E-state index contributed by atoms with van der Waals surface area (Å²) in [6.45, 7) is 7.86. The number of hydrogen-bond acceptors (Lipinski definition) is 5. The Kier molecular flexibility index (Phi) is 5.82. The van der Waals surface area contributed by atoms with Crippen LogP contribution in [0.1, 0.15) is 17.2 Å². The summed E-state index contributed by atoms with van der Waals surface area (Å²) in [6.07, 6.45) is 0.0892. The van der Waals surface area contributed by atoms with Crippen molar-refractivity contribution in [2.45, 2.75) is 37.6 Å². The third-order valence-corrected chi connectivity index (χ3v) is 5.55. The molecule has 0 heterocycles. The van der Waals surface area contributed by atoms with Crippen LogP contribution in [-0.2, 0) is 19.3 Å². The molecule has 0 aliphatic carbocycles. The molecule has 2 aromatic rings. The molecule has 1 atom stereocenters. The van der Waals surface area contributed by atoms with E-state index in [1.807, 2.05) is 26.6 Å². The van der Waals surface area contributed by atoms with Crippen molar-refractivity contribution in [1.29, 1.82) is 0 Å². The summed E-state index contributed by atoms with van der Waals surface area (Å²) in [5, 5.41) is 0. The van der Waals surface area contributed by atoms with Crippen molar-refractivity contribution in [2.75, 3.05) is 0 Å². The summed E-state index contributed by atoms with van der Waals surface area (Å²) in [7, 11) is -5.77. The highest BCUT2D eigenvalue weighted by Crippen LogP contribution is 2.24. The summed E-state index contributed by atoms with van der Waals surface area (Å²) >= 11 is 0. The van der Waals surface area contributed by atoms with Crippen molar-refractivity contribution in [3.63, 3.8) is 0 Å². The van der Waals surface area contributed by atoms with Crippen LogP contribution in [0.4, 0.5) is 0 Å². The van der Waals surface area contributed by atoms with Gasteiger partial charge in [0.15, 0.2) is 14.6 Å². The Labute approximate surface area is 149 Å². The molecule has 0 bridgehead atoms. The van der Waals surface area contributed by atoms with Gasteiger partial charge < -0.3 is 13.4 Å². The maximum atomic E-state index is 12.3. The minimum Gasteiger partial charge on any atom is -0.404 e. The van der Waals surface area contributed by atoms with Crippen LogP contribution < -0.4 is 4.18 Å². The molecule has 7 heteroatoms. The van der Waals surface area contributed by atoms with Gasteiger partial charge in [0.05, 0.1) is 0 Å². The number of aryl methyl sites for hydroxylation is 1. The van der Waals surface area contributed by atoms with Gasteiger partial charge in [-0.2, -0.15) is 8.42 Å². The second-order valence-corrected chi connectivity index (χ2v) is 12.7. The van der Waals surface area contributed by atoms with Crippen molar-refractivity contribution in [2.24, 2.45) is 0 Å². The number of hydrogen-bond donors (Lipinski definition) is 0. The zero-order chi connectivity index (χ0) is 18.7. The number of carbonyl (C=O) groups excluding carboxylic acids is 1. The van der Waals surface area contributed by atoms with Crippen molar-refractivity contribution < 1.29 is 21.8 Å². The molecule has 0 radical (unpaired) electrons. The average molecular weight is 379 g/mol. The monoisotopic (exact) mass is 378 g/mol. The summed E-state index contributed by atoms with van der Waals surface area (Å²) in [5.41, 5.74) is 1.63. The van der Waals surface area contributed by atoms with Crippen LogP contribution in [-0.4, -0.2) is 23.0 Å². The Morgan fingerprint density at radius 3 is 2.00 bits per heavy atom. The molecule has 25 heavy (non-hydrogen) atoms. The minimum atomic E-state index is -3.89. The van der Waals surface area contributed by atoms with Crippen molar-refractivity contribution in [3.05, 3.63) is 59.7 Å². The van der Waals surface area contributed by atoms with Crippen LogP contribution in [0.3, 0.4) is 0 Å². The zero-order valence-electron chi connectivity index (χ0n) is 14.7. The van der Waals surface area contributed by atoms with Gasteiger partial charge in [0.2, 0.25) is 0 Å². The van der Waals surface area contributed by atoms with Crippen LogP contribution in [0.25, 0.3) is 0 Å². The topological polar surface area (TPSA) is 69.7 Å².